The van der Waals surface area contributed by atoms with E-state index in [1.165, 1.54) is 18.5 Å². The molecule has 0 aliphatic heterocycles. The van der Waals surface area contributed by atoms with Gasteiger partial charge in [0.1, 0.15) is 10.6 Å². The fourth-order valence-electron chi connectivity index (χ4n) is 3.32. The Hall–Kier alpha value is -3.82. The lowest BCUT2D eigenvalue weighted by atomic mass is 10.1. The molecular weight excluding hydrogens is 527 g/mol. The Kier molecular flexibility index (Phi) is 8.85. The molecule has 0 atom stereocenters. The van der Waals surface area contributed by atoms with Crippen molar-refractivity contribution in [3.05, 3.63) is 54.6 Å². The highest BCUT2D eigenvalue weighted by atomic mass is 32.2. The number of nitrogens with two attached hydrogens (primary N) is 1. The van der Waals surface area contributed by atoms with E-state index in [1.807, 2.05) is 0 Å². The summed E-state index contributed by atoms with van der Waals surface area (Å²) >= 11 is 0. The van der Waals surface area contributed by atoms with Gasteiger partial charge in [0.2, 0.25) is 10.0 Å². The van der Waals surface area contributed by atoms with Crippen LogP contribution in [0.5, 0.6) is 5.75 Å². The smallest absolute Gasteiger partial charge is 0.404 e. The molecule has 0 saturated heterocycles. The third kappa shape index (κ3) is 7.14. The number of hydrogen-bond acceptors (Lipinski definition) is 9. The second-order valence-corrected chi connectivity index (χ2v) is 10.1. The SMILES string of the molecule is CCN(CCN(C)C)S(=O)(=O)c1ccc(-c2cnc(N)c(C(=O)Nc3cccnc3)n2)cc1OC(F)(F)F. The molecule has 2 aromatic heterocycles. The molecule has 1 aromatic carbocycles. The lowest BCUT2D eigenvalue weighted by molar-refractivity contribution is -0.275. The van der Waals surface area contributed by atoms with Gasteiger partial charge in [0.05, 0.1) is 23.8 Å². The van der Waals surface area contributed by atoms with Crippen molar-refractivity contribution >= 4 is 27.4 Å². The number of pyridine rings is 1. The summed E-state index contributed by atoms with van der Waals surface area (Å²) in [6, 6.07) is 6.30. The number of carbonyl (C=O) groups excluding carboxylic acids is 1. The van der Waals surface area contributed by atoms with Gasteiger partial charge in [0.25, 0.3) is 5.91 Å². The third-order valence-corrected chi connectivity index (χ3v) is 7.18. The van der Waals surface area contributed by atoms with E-state index < -0.39 is 32.9 Å². The number of carbonyl (C=O) groups is 1. The number of amides is 1. The first-order chi connectivity index (χ1) is 17.8. The minimum atomic E-state index is -5.18. The van der Waals surface area contributed by atoms with Crippen LogP contribution in [0.3, 0.4) is 0 Å². The predicted molar refractivity (Wildman–Crippen MR) is 134 cm³/mol. The summed E-state index contributed by atoms with van der Waals surface area (Å²) in [4.78, 5) is 25.7. The van der Waals surface area contributed by atoms with Crippen molar-refractivity contribution in [3.8, 4) is 17.0 Å². The van der Waals surface area contributed by atoms with Crippen molar-refractivity contribution in [1.82, 2.24) is 24.2 Å². The fraction of sp³-hybridized carbons (Fsp3) is 0.304. The molecule has 38 heavy (non-hydrogen) atoms. The van der Waals surface area contributed by atoms with E-state index in [2.05, 4.69) is 25.0 Å². The highest BCUT2D eigenvalue weighted by molar-refractivity contribution is 7.89. The molecule has 3 rings (SSSR count). The number of ether oxygens (including phenoxy) is 1. The molecular formula is C23H26F3N7O4S. The Labute approximate surface area is 217 Å². The Morgan fingerprint density at radius 3 is 2.50 bits per heavy atom. The summed E-state index contributed by atoms with van der Waals surface area (Å²) in [5, 5.41) is 2.54. The molecule has 15 heteroatoms. The molecule has 204 valence electrons. The van der Waals surface area contributed by atoms with Crippen LogP contribution in [0.25, 0.3) is 11.3 Å². The molecule has 0 spiro atoms. The first kappa shape index (κ1) is 28.7. The maximum atomic E-state index is 13.3. The third-order valence-electron chi connectivity index (χ3n) is 5.17. The largest absolute Gasteiger partial charge is 0.573 e. The van der Waals surface area contributed by atoms with Crippen molar-refractivity contribution in [2.24, 2.45) is 0 Å². The zero-order chi connectivity index (χ0) is 28.1. The molecule has 11 nitrogen and oxygen atoms in total. The van der Waals surface area contributed by atoms with Crippen LogP contribution in [0, 0.1) is 0 Å². The summed E-state index contributed by atoms with van der Waals surface area (Å²) in [5.41, 5.74) is 5.85. The van der Waals surface area contributed by atoms with Gasteiger partial charge >= 0.3 is 6.36 Å². The van der Waals surface area contributed by atoms with E-state index >= 15 is 0 Å². The average molecular weight is 554 g/mol. The van der Waals surface area contributed by atoms with Gasteiger partial charge in [-0.05, 0) is 38.4 Å². The first-order valence-corrected chi connectivity index (χ1v) is 12.6. The van der Waals surface area contributed by atoms with Crippen LogP contribution < -0.4 is 15.8 Å². The standard InChI is InChI=1S/C23H26F3N7O4S/c1-4-33(11-10-32(2)3)38(35,36)19-8-7-15(12-18(19)37-23(24,25)26)17-14-29-21(27)20(31-17)22(34)30-16-6-5-9-28-13-16/h5-9,12-14H,4,10-11H2,1-3H3,(H2,27,29)(H,30,34). The normalized spacial score (nSPS) is 12.1. The van der Waals surface area contributed by atoms with Crippen molar-refractivity contribution in [2.75, 3.05) is 44.8 Å². The molecule has 3 N–H and O–H groups in total. The second-order valence-electron chi connectivity index (χ2n) is 8.19. The van der Waals surface area contributed by atoms with Crippen LogP contribution in [0.1, 0.15) is 17.4 Å². The van der Waals surface area contributed by atoms with E-state index in [0.717, 1.165) is 22.6 Å². The number of likely N-dealkylation sites (N-methyl/N-ethyl adjacent to an activating group) is 2. The molecule has 0 unspecified atom stereocenters. The predicted octanol–water partition coefficient (Wildman–Crippen LogP) is 2.84. The summed E-state index contributed by atoms with van der Waals surface area (Å²) in [6.07, 6.45) is -1.13. The number of nitrogens with zero attached hydrogens (tertiary/aromatic N) is 5. The summed E-state index contributed by atoms with van der Waals surface area (Å²) in [6.45, 7) is 2.01. The molecule has 0 radical (unpaired) electrons. The lowest BCUT2D eigenvalue weighted by Gasteiger charge is -2.24. The van der Waals surface area contributed by atoms with Crippen molar-refractivity contribution < 1.29 is 31.1 Å². The molecule has 0 bridgehead atoms. The van der Waals surface area contributed by atoms with Crippen LogP contribution in [-0.4, -0.2) is 78.6 Å². The van der Waals surface area contributed by atoms with Gasteiger partial charge in [-0.2, -0.15) is 4.31 Å². The van der Waals surface area contributed by atoms with Crippen LogP contribution in [0.2, 0.25) is 0 Å². The maximum absolute atomic E-state index is 13.3. The summed E-state index contributed by atoms with van der Waals surface area (Å²) in [5.74, 6) is -1.89. The van der Waals surface area contributed by atoms with Crippen molar-refractivity contribution in [2.45, 2.75) is 18.2 Å². The molecule has 0 aliphatic carbocycles. The van der Waals surface area contributed by atoms with Crippen molar-refractivity contribution in [3.63, 3.8) is 0 Å². The van der Waals surface area contributed by atoms with Crippen LogP contribution in [0.15, 0.2) is 53.8 Å². The molecule has 0 saturated carbocycles. The number of hydrogen-bond donors (Lipinski definition) is 2. The average Bonchev–Trinajstić information content (AvgIpc) is 2.83. The molecule has 3 aromatic rings. The topological polar surface area (TPSA) is 144 Å². The van der Waals surface area contributed by atoms with Crippen LogP contribution in [-0.2, 0) is 10.0 Å². The highest BCUT2D eigenvalue weighted by Gasteiger charge is 2.36. The van der Waals surface area contributed by atoms with Gasteiger partial charge in [0, 0.05) is 31.4 Å². The summed E-state index contributed by atoms with van der Waals surface area (Å²) < 4.78 is 71.5. The number of nitrogens with one attached hydrogen (secondary N) is 1. The monoisotopic (exact) mass is 553 g/mol. The Morgan fingerprint density at radius 2 is 1.89 bits per heavy atom. The zero-order valence-electron chi connectivity index (χ0n) is 20.7. The first-order valence-electron chi connectivity index (χ1n) is 11.2. The van der Waals surface area contributed by atoms with Crippen molar-refractivity contribution in [1.29, 1.82) is 0 Å². The molecule has 0 aliphatic rings. The maximum Gasteiger partial charge on any atom is 0.573 e. The number of sulfonamides is 1. The number of rotatable bonds is 10. The van der Waals surface area contributed by atoms with Gasteiger partial charge in [-0.15, -0.1) is 13.2 Å². The number of aromatic nitrogens is 3. The quantitative estimate of drug-likeness (QED) is 0.387. The van der Waals surface area contributed by atoms with Gasteiger partial charge < -0.3 is 20.7 Å². The molecule has 2 heterocycles. The lowest BCUT2D eigenvalue weighted by Crippen LogP contribution is -2.37. The van der Waals surface area contributed by atoms with E-state index in [-0.39, 0.29) is 35.9 Å². The Balaban J connectivity index is 2.03. The van der Waals surface area contributed by atoms with E-state index in [0.29, 0.717) is 12.2 Å². The Morgan fingerprint density at radius 1 is 1.16 bits per heavy atom. The minimum absolute atomic E-state index is 0.0162. The van der Waals surface area contributed by atoms with Gasteiger partial charge in [-0.3, -0.25) is 9.78 Å². The highest BCUT2D eigenvalue weighted by Crippen LogP contribution is 2.35. The second kappa shape index (κ2) is 11.7. The summed E-state index contributed by atoms with van der Waals surface area (Å²) in [7, 11) is -0.871. The van der Waals surface area contributed by atoms with Gasteiger partial charge in [0.15, 0.2) is 11.5 Å². The number of anilines is 2. The number of nitrogen functional groups attached to an aromatic ring is 1. The Bertz CT molecular complexity index is 1390. The fourth-order valence-corrected chi connectivity index (χ4v) is 4.85. The minimum Gasteiger partial charge on any atom is -0.404 e. The van der Waals surface area contributed by atoms with Crippen LogP contribution in [0.4, 0.5) is 24.7 Å². The zero-order valence-corrected chi connectivity index (χ0v) is 21.5. The van der Waals surface area contributed by atoms with Gasteiger partial charge in [-0.25, -0.2) is 18.4 Å². The molecule has 0 fully saturated rings. The number of halogens is 3. The van der Waals surface area contributed by atoms with Gasteiger partial charge in [-0.1, -0.05) is 13.0 Å². The van der Waals surface area contributed by atoms with Crippen LogP contribution >= 0.6 is 0 Å². The number of benzene rings is 1. The van der Waals surface area contributed by atoms with E-state index in [1.54, 1.807) is 38.1 Å². The number of alkyl halides is 3. The van der Waals surface area contributed by atoms with E-state index in [4.69, 9.17) is 5.73 Å². The molecule has 1 amide bonds. The van der Waals surface area contributed by atoms with E-state index in [9.17, 15) is 26.4 Å².